The van der Waals surface area contributed by atoms with Crippen LogP contribution in [0.3, 0.4) is 0 Å². The summed E-state index contributed by atoms with van der Waals surface area (Å²) in [5.41, 5.74) is 0.277. The largest absolute Gasteiger partial charge is 0.500 e. The molecule has 19 heavy (non-hydrogen) atoms. The summed E-state index contributed by atoms with van der Waals surface area (Å²) in [7, 11) is 1.19. The van der Waals surface area contributed by atoms with Crippen LogP contribution in [0.2, 0.25) is 0 Å². The maximum atomic E-state index is 12.3. The number of pyridine rings is 1. The Morgan fingerprint density at radius 3 is 2.32 bits per heavy atom. The van der Waals surface area contributed by atoms with E-state index < -0.39 is 18.3 Å². The van der Waals surface area contributed by atoms with Gasteiger partial charge in [-0.3, -0.25) is 4.79 Å². The lowest BCUT2D eigenvalue weighted by molar-refractivity contribution is 0.00578. The highest BCUT2D eigenvalue weighted by atomic mass is 16.7. The van der Waals surface area contributed by atoms with Crippen LogP contribution < -0.4 is 16.2 Å². The first-order valence-corrected chi connectivity index (χ1v) is 6.48. The average molecular weight is 264 g/mol. The number of aromatic nitrogens is 1. The summed E-state index contributed by atoms with van der Waals surface area (Å²) in [6, 6.07) is 0. The lowest BCUT2D eigenvalue weighted by Crippen LogP contribution is -2.45. The number of hydrogen-bond acceptors (Lipinski definition) is 4. The highest BCUT2D eigenvalue weighted by Crippen LogP contribution is 2.36. The Labute approximate surface area is 113 Å². The molecular formula is C13H21BN2O3. The minimum Gasteiger partial charge on any atom is -0.399 e. The molecule has 0 aromatic carbocycles. The van der Waals surface area contributed by atoms with Gasteiger partial charge < -0.3 is 19.6 Å². The molecule has 0 saturated carbocycles. The van der Waals surface area contributed by atoms with Crippen molar-refractivity contribution in [2.45, 2.75) is 45.4 Å². The predicted molar refractivity (Wildman–Crippen MR) is 75.5 cm³/mol. The van der Waals surface area contributed by atoms with Gasteiger partial charge in [-0.2, -0.15) is 0 Å². The van der Waals surface area contributed by atoms with Gasteiger partial charge in [-0.25, -0.2) is 0 Å². The minimum absolute atomic E-state index is 0.0356. The molecule has 6 heteroatoms. The Balaban J connectivity index is 2.35. The first-order chi connectivity index (χ1) is 8.78. The Morgan fingerprint density at radius 2 is 1.79 bits per heavy atom. The summed E-state index contributed by atoms with van der Waals surface area (Å²) in [5.74, 6) is 0. The van der Waals surface area contributed by atoms with Crippen LogP contribution in [0.5, 0.6) is 0 Å². The third kappa shape index (κ3) is 2.48. The van der Waals surface area contributed by atoms with Crippen molar-refractivity contribution in [1.29, 1.82) is 0 Å². The van der Waals surface area contributed by atoms with Crippen LogP contribution in [-0.4, -0.2) is 30.4 Å². The smallest absolute Gasteiger partial charge is 0.399 e. The van der Waals surface area contributed by atoms with Gasteiger partial charge in [0.1, 0.15) is 0 Å². The van der Waals surface area contributed by atoms with Gasteiger partial charge in [0.05, 0.1) is 11.2 Å². The second-order valence-corrected chi connectivity index (χ2v) is 5.88. The van der Waals surface area contributed by atoms with E-state index in [1.165, 1.54) is 0 Å². The summed E-state index contributed by atoms with van der Waals surface area (Å²) >= 11 is 0. The molecule has 5 nitrogen and oxygen atoms in total. The predicted octanol–water partition coefficient (Wildman–Crippen LogP) is 0.393. The molecule has 1 aliphatic rings. The van der Waals surface area contributed by atoms with Gasteiger partial charge in [0.15, 0.2) is 5.43 Å². The van der Waals surface area contributed by atoms with Crippen molar-refractivity contribution in [2.75, 3.05) is 7.05 Å². The van der Waals surface area contributed by atoms with E-state index in [9.17, 15) is 4.79 Å². The molecule has 1 aliphatic heterocycles. The second-order valence-electron chi connectivity index (χ2n) is 5.88. The first-order valence-electron chi connectivity index (χ1n) is 6.48. The fourth-order valence-electron chi connectivity index (χ4n) is 2.02. The highest BCUT2D eigenvalue weighted by molar-refractivity contribution is 6.61. The van der Waals surface area contributed by atoms with Gasteiger partial charge in [-0.05, 0) is 34.7 Å². The Morgan fingerprint density at radius 1 is 1.21 bits per heavy atom. The quantitative estimate of drug-likeness (QED) is 0.775. The SMILES string of the molecule is CNCc1c[nH]cc(B2OC(C)(C)C(C)(C)O2)c1=O. The third-order valence-electron chi connectivity index (χ3n) is 3.92. The van der Waals surface area contributed by atoms with E-state index in [0.29, 0.717) is 17.6 Å². The summed E-state index contributed by atoms with van der Waals surface area (Å²) in [6.07, 6.45) is 3.36. The van der Waals surface area contributed by atoms with E-state index in [1.807, 2.05) is 27.7 Å². The van der Waals surface area contributed by atoms with E-state index in [2.05, 4.69) is 10.3 Å². The van der Waals surface area contributed by atoms with Crippen LogP contribution in [0.25, 0.3) is 0 Å². The standard InChI is InChI=1S/C13H21BN2O3/c1-12(2)13(3,4)19-14(18-12)10-8-16-7-9(6-15-5)11(10)17/h7-8,15H,6H2,1-5H3,(H,16,17). The minimum atomic E-state index is -0.620. The molecule has 0 radical (unpaired) electrons. The van der Waals surface area contributed by atoms with Crippen molar-refractivity contribution < 1.29 is 9.31 Å². The number of hydrogen-bond donors (Lipinski definition) is 2. The highest BCUT2D eigenvalue weighted by Gasteiger charge is 2.52. The Bertz CT molecular complexity index is 509. The van der Waals surface area contributed by atoms with Crippen molar-refractivity contribution in [3.05, 3.63) is 28.2 Å². The fourth-order valence-corrected chi connectivity index (χ4v) is 2.02. The van der Waals surface area contributed by atoms with E-state index in [4.69, 9.17) is 9.31 Å². The summed E-state index contributed by atoms with van der Waals surface area (Å²) in [6.45, 7) is 8.40. The van der Waals surface area contributed by atoms with E-state index in [1.54, 1.807) is 19.4 Å². The number of H-pyrrole nitrogens is 1. The molecule has 1 aromatic rings. The zero-order valence-electron chi connectivity index (χ0n) is 12.2. The van der Waals surface area contributed by atoms with Crippen LogP contribution in [0.15, 0.2) is 17.2 Å². The topological polar surface area (TPSA) is 63.4 Å². The third-order valence-corrected chi connectivity index (χ3v) is 3.92. The molecule has 2 rings (SSSR count). The normalized spacial score (nSPS) is 20.8. The molecule has 104 valence electrons. The number of nitrogens with one attached hydrogen (secondary N) is 2. The maximum absolute atomic E-state index is 12.3. The van der Waals surface area contributed by atoms with Crippen LogP contribution in [-0.2, 0) is 15.9 Å². The number of rotatable bonds is 3. The van der Waals surface area contributed by atoms with Gasteiger partial charge in [-0.15, -0.1) is 0 Å². The monoisotopic (exact) mass is 264 g/mol. The van der Waals surface area contributed by atoms with Gasteiger partial charge in [0, 0.05) is 30.0 Å². The van der Waals surface area contributed by atoms with Gasteiger partial charge in [0.2, 0.25) is 0 Å². The van der Waals surface area contributed by atoms with Gasteiger partial charge in [0.25, 0.3) is 0 Å². The van der Waals surface area contributed by atoms with E-state index >= 15 is 0 Å². The van der Waals surface area contributed by atoms with Crippen molar-refractivity contribution in [3.63, 3.8) is 0 Å². The molecule has 1 saturated heterocycles. The number of aromatic amines is 1. The van der Waals surface area contributed by atoms with Crippen LogP contribution in [0.1, 0.15) is 33.3 Å². The van der Waals surface area contributed by atoms with E-state index in [-0.39, 0.29) is 5.43 Å². The molecule has 2 heterocycles. The molecule has 1 fully saturated rings. The molecule has 0 aliphatic carbocycles. The molecule has 2 N–H and O–H groups in total. The van der Waals surface area contributed by atoms with Crippen LogP contribution in [0, 0.1) is 0 Å². The molecule has 0 atom stereocenters. The fraction of sp³-hybridized carbons (Fsp3) is 0.615. The van der Waals surface area contributed by atoms with E-state index in [0.717, 1.165) is 0 Å². The van der Waals surface area contributed by atoms with Crippen LogP contribution in [0.4, 0.5) is 0 Å². The lowest BCUT2D eigenvalue weighted by Gasteiger charge is -2.32. The second kappa shape index (κ2) is 4.78. The van der Waals surface area contributed by atoms with Gasteiger partial charge >= 0.3 is 7.12 Å². The van der Waals surface area contributed by atoms with Crippen molar-refractivity contribution in [3.8, 4) is 0 Å². The molecule has 0 amide bonds. The average Bonchev–Trinajstić information content (AvgIpc) is 2.51. The lowest BCUT2D eigenvalue weighted by atomic mass is 9.79. The zero-order valence-corrected chi connectivity index (χ0v) is 12.2. The van der Waals surface area contributed by atoms with Crippen molar-refractivity contribution in [2.24, 2.45) is 0 Å². The molecule has 0 bridgehead atoms. The summed E-state index contributed by atoms with van der Waals surface area (Å²) in [5, 5.41) is 2.97. The Kier molecular flexibility index (Phi) is 3.60. The molecular weight excluding hydrogens is 243 g/mol. The molecule has 0 unspecified atom stereocenters. The van der Waals surface area contributed by atoms with Crippen molar-refractivity contribution in [1.82, 2.24) is 10.3 Å². The first kappa shape index (κ1) is 14.3. The van der Waals surface area contributed by atoms with Crippen molar-refractivity contribution >= 4 is 12.6 Å². The summed E-state index contributed by atoms with van der Waals surface area (Å²) in [4.78, 5) is 15.3. The molecule has 1 aromatic heterocycles. The summed E-state index contributed by atoms with van der Waals surface area (Å²) < 4.78 is 11.8. The zero-order chi connectivity index (χ0) is 14.3. The van der Waals surface area contributed by atoms with Gasteiger partial charge in [-0.1, -0.05) is 0 Å². The molecule has 0 spiro atoms. The maximum Gasteiger partial charge on any atom is 0.500 e. The van der Waals surface area contributed by atoms with Crippen LogP contribution >= 0.6 is 0 Å². The Hall–Kier alpha value is -1.11.